The average Bonchev–Trinajstić information content (AvgIpc) is 1.87. The van der Waals surface area contributed by atoms with Gasteiger partial charge in [-0.15, -0.1) is 0 Å². The lowest BCUT2D eigenvalue weighted by atomic mass is 10.7. The molecular weight excluding hydrogens is 156 g/mol. The van der Waals surface area contributed by atoms with Crippen LogP contribution >= 0.6 is 15.9 Å². The quantitative estimate of drug-likeness (QED) is 0.557. The molecule has 2 nitrogen and oxygen atoms in total. The van der Waals surface area contributed by atoms with Gasteiger partial charge in [-0.25, -0.2) is 5.43 Å². The molecule has 3 heteroatoms. The lowest BCUT2D eigenvalue weighted by Crippen LogP contribution is -2.23. The van der Waals surface area contributed by atoms with E-state index in [9.17, 15) is 0 Å². The van der Waals surface area contributed by atoms with Crippen molar-refractivity contribution in [2.75, 3.05) is 13.6 Å². The minimum Gasteiger partial charge on any atom is -0.308 e. The molecule has 0 spiro atoms. The molecule has 7 heavy (non-hydrogen) atoms. The molecule has 1 aliphatic rings. The first kappa shape index (κ1) is 5.12. The van der Waals surface area contributed by atoms with Crippen LogP contribution in [-0.4, -0.2) is 18.6 Å². The molecular formula is C4H6BrN2. The monoisotopic (exact) mass is 161 g/mol. The number of hydrogen-bond acceptors (Lipinski definition) is 2. The molecule has 1 heterocycles. The fourth-order valence-corrected chi connectivity index (χ4v) is 0.840. The molecule has 0 aromatic heterocycles. The van der Waals surface area contributed by atoms with E-state index < -0.39 is 0 Å². The summed E-state index contributed by atoms with van der Waals surface area (Å²) in [6.07, 6.45) is 2.97. The fraction of sp³-hybridized carbons (Fsp3) is 0.500. The van der Waals surface area contributed by atoms with Crippen molar-refractivity contribution in [1.29, 1.82) is 0 Å². The van der Waals surface area contributed by atoms with Gasteiger partial charge in [0.05, 0.1) is 6.20 Å². The highest BCUT2D eigenvalue weighted by Crippen LogP contribution is 2.06. The lowest BCUT2D eigenvalue weighted by Gasteiger charge is -2.03. The zero-order valence-corrected chi connectivity index (χ0v) is 5.62. The van der Waals surface area contributed by atoms with Crippen molar-refractivity contribution in [3.8, 4) is 0 Å². The summed E-state index contributed by atoms with van der Waals surface area (Å²) in [5, 5.41) is 1.80. The van der Waals surface area contributed by atoms with Crippen molar-refractivity contribution in [3.05, 3.63) is 10.7 Å². The lowest BCUT2D eigenvalue weighted by molar-refractivity contribution is 0.359. The summed E-state index contributed by atoms with van der Waals surface area (Å²) in [5.41, 5.74) is 3.01. The highest BCUT2D eigenvalue weighted by molar-refractivity contribution is 9.11. The molecule has 0 unspecified atom stereocenters. The van der Waals surface area contributed by atoms with Gasteiger partial charge in [0.2, 0.25) is 0 Å². The molecule has 39 valence electrons. The van der Waals surface area contributed by atoms with E-state index >= 15 is 0 Å². The minimum absolute atomic E-state index is 0.872. The van der Waals surface area contributed by atoms with E-state index in [4.69, 9.17) is 0 Å². The summed E-state index contributed by atoms with van der Waals surface area (Å²) in [6.45, 7) is 0.872. The van der Waals surface area contributed by atoms with Gasteiger partial charge in [-0.05, 0) is 0 Å². The number of hydrogen-bond donors (Lipinski definition) is 1. The maximum Gasteiger partial charge on any atom is 0.0888 e. The van der Waals surface area contributed by atoms with Gasteiger partial charge in [0.1, 0.15) is 0 Å². The summed E-state index contributed by atoms with van der Waals surface area (Å²) in [4.78, 5) is 0. The van der Waals surface area contributed by atoms with Crippen molar-refractivity contribution in [2.24, 2.45) is 0 Å². The first-order valence-electron chi connectivity index (χ1n) is 2.04. The molecule has 0 amide bonds. The summed E-state index contributed by atoms with van der Waals surface area (Å²) in [6, 6.07) is 0. The number of hydrazine groups is 1. The van der Waals surface area contributed by atoms with Crippen molar-refractivity contribution in [3.63, 3.8) is 0 Å². The highest BCUT2D eigenvalue weighted by Gasteiger charge is 2.02. The summed E-state index contributed by atoms with van der Waals surface area (Å²) in [5.74, 6) is 0. The van der Waals surface area contributed by atoms with Crippen LogP contribution in [-0.2, 0) is 0 Å². The Balaban J connectivity index is 2.50. The summed E-state index contributed by atoms with van der Waals surface area (Å²) < 4.78 is 1.08. The smallest absolute Gasteiger partial charge is 0.0888 e. The normalized spacial score (nSPS) is 20.3. The van der Waals surface area contributed by atoms with Crippen molar-refractivity contribution in [2.45, 2.75) is 0 Å². The third kappa shape index (κ3) is 1.17. The second-order valence-corrected chi connectivity index (χ2v) is 2.37. The zero-order valence-electron chi connectivity index (χ0n) is 4.03. The first-order chi connectivity index (χ1) is 3.29. The molecule has 1 rings (SSSR count). The Labute approximate surface area is 51.3 Å². The van der Waals surface area contributed by atoms with Crippen LogP contribution in [0.1, 0.15) is 0 Å². The molecule has 0 saturated carbocycles. The Hall–Kier alpha value is -0.0200. The number of nitrogens with zero attached hydrogens (tertiary/aromatic N) is 1. The maximum atomic E-state index is 3.28. The van der Waals surface area contributed by atoms with Gasteiger partial charge in [0, 0.05) is 18.1 Å². The fourth-order valence-electron chi connectivity index (χ4n) is 0.449. The van der Waals surface area contributed by atoms with E-state index in [-0.39, 0.29) is 0 Å². The van der Waals surface area contributed by atoms with Crippen LogP contribution in [0.25, 0.3) is 0 Å². The van der Waals surface area contributed by atoms with E-state index in [0.29, 0.717) is 0 Å². The predicted octanol–water partition coefficient (Wildman–Crippen LogP) is 0.476. The number of halogens is 1. The molecule has 0 aromatic rings. The third-order valence-electron chi connectivity index (χ3n) is 0.760. The summed E-state index contributed by atoms with van der Waals surface area (Å²) >= 11 is 3.28. The molecule has 0 fully saturated rings. The second kappa shape index (κ2) is 1.84. The maximum absolute atomic E-state index is 3.28. The van der Waals surface area contributed by atoms with Crippen LogP contribution in [0.5, 0.6) is 0 Å². The Morgan fingerprint density at radius 3 is 2.86 bits per heavy atom. The molecule has 1 radical (unpaired) electrons. The second-order valence-electron chi connectivity index (χ2n) is 1.41. The first-order valence-corrected chi connectivity index (χ1v) is 2.83. The highest BCUT2D eigenvalue weighted by atomic mass is 79.9. The van der Waals surface area contributed by atoms with Gasteiger partial charge in [-0.3, -0.25) is 0 Å². The topological polar surface area (TPSA) is 15.3 Å². The van der Waals surface area contributed by atoms with E-state index in [2.05, 4.69) is 27.6 Å². The molecule has 0 aliphatic carbocycles. The Morgan fingerprint density at radius 2 is 2.71 bits per heavy atom. The average molecular weight is 162 g/mol. The van der Waals surface area contributed by atoms with E-state index in [1.165, 1.54) is 0 Å². The van der Waals surface area contributed by atoms with Crippen molar-refractivity contribution < 1.29 is 0 Å². The SMILES string of the molecule is CN1[C]=C(Br)CN1. The van der Waals surface area contributed by atoms with E-state index in [1.54, 1.807) is 5.01 Å². The van der Waals surface area contributed by atoms with E-state index in [0.717, 1.165) is 11.0 Å². The molecule has 0 aromatic carbocycles. The number of rotatable bonds is 0. The van der Waals surface area contributed by atoms with Crippen LogP contribution in [0.3, 0.4) is 0 Å². The molecule has 1 N–H and O–H groups in total. The third-order valence-corrected chi connectivity index (χ3v) is 1.22. The van der Waals surface area contributed by atoms with Crippen LogP contribution in [0.2, 0.25) is 0 Å². The van der Waals surface area contributed by atoms with Crippen molar-refractivity contribution in [1.82, 2.24) is 10.4 Å². The molecule has 1 aliphatic heterocycles. The van der Waals surface area contributed by atoms with Crippen LogP contribution < -0.4 is 5.43 Å². The van der Waals surface area contributed by atoms with Gasteiger partial charge >= 0.3 is 0 Å². The van der Waals surface area contributed by atoms with Gasteiger partial charge < -0.3 is 5.01 Å². The van der Waals surface area contributed by atoms with Crippen LogP contribution in [0.15, 0.2) is 4.48 Å². The predicted molar refractivity (Wildman–Crippen MR) is 31.4 cm³/mol. The standard InChI is InChI=1S/C4H6BrN2/c1-7-3-4(5)2-6-7/h6H,2H2,1H3. The molecule has 0 bridgehead atoms. The van der Waals surface area contributed by atoms with E-state index in [1.807, 2.05) is 7.05 Å². The van der Waals surface area contributed by atoms with Crippen LogP contribution in [0.4, 0.5) is 0 Å². The Morgan fingerprint density at radius 1 is 2.00 bits per heavy atom. The Bertz CT molecular complexity index is 99.9. The van der Waals surface area contributed by atoms with Gasteiger partial charge in [-0.2, -0.15) is 0 Å². The zero-order chi connectivity index (χ0) is 5.28. The van der Waals surface area contributed by atoms with Gasteiger partial charge in [-0.1, -0.05) is 15.9 Å². The van der Waals surface area contributed by atoms with Gasteiger partial charge in [0.25, 0.3) is 0 Å². The van der Waals surface area contributed by atoms with Crippen molar-refractivity contribution >= 4 is 15.9 Å². The number of nitrogens with one attached hydrogen (secondary N) is 1. The minimum atomic E-state index is 0.872. The van der Waals surface area contributed by atoms with Gasteiger partial charge in [0.15, 0.2) is 0 Å². The van der Waals surface area contributed by atoms with Crippen LogP contribution in [0, 0.1) is 6.20 Å². The summed E-state index contributed by atoms with van der Waals surface area (Å²) in [7, 11) is 1.91. The Kier molecular flexibility index (Phi) is 1.35. The largest absolute Gasteiger partial charge is 0.308 e. The molecule has 0 saturated heterocycles. The molecule has 0 atom stereocenters.